The Hall–Kier alpha value is -3.21. The first-order valence-corrected chi connectivity index (χ1v) is 9.60. The van der Waals surface area contributed by atoms with Gasteiger partial charge < -0.3 is 9.80 Å². The summed E-state index contributed by atoms with van der Waals surface area (Å²) in [5.74, 6) is -0.388. The minimum absolute atomic E-state index is 0.00264. The van der Waals surface area contributed by atoms with Gasteiger partial charge in [0.2, 0.25) is 11.8 Å². The second-order valence-electron chi connectivity index (χ2n) is 7.18. The molecule has 5 heteroatoms. The van der Waals surface area contributed by atoms with Crippen molar-refractivity contribution in [1.82, 2.24) is 4.98 Å². The molecule has 0 spiro atoms. The third-order valence-electron chi connectivity index (χ3n) is 5.27. The molecule has 0 radical (unpaired) electrons. The summed E-state index contributed by atoms with van der Waals surface area (Å²) in [4.78, 5) is 33.9. The molecule has 1 aromatic heterocycles. The molecule has 3 aromatic rings. The standard InChI is InChI=1S/C23H23N3O2/c1-3-25(19-10-4-7-16(2)13-19)23(28)18-14-21(27)26(15-18)20-11-5-8-17-9-6-12-24-22(17)20/h4-13,18H,3,14-15H2,1-2H3. The van der Waals surface area contributed by atoms with Gasteiger partial charge in [-0.05, 0) is 43.7 Å². The zero-order valence-corrected chi connectivity index (χ0v) is 16.1. The number of para-hydroxylation sites is 1. The van der Waals surface area contributed by atoms with Crippen molar-refractivity contribution in [1.29, 1.82) is 0 Å². The lowest BCUT2D eigenvalue weighted by atomic mass is 10.1. The van der Waals surface area contributed by atoms with Crippen molar-refractivity contribution >= 4 is 34.1 Å². The van der Waals surface area contributed by atoms with Crippen LogP contribution in [0.4, 0.5) is 11.4 Å². The van der Waals surface area contributed by atoms with Crippen molar-refractivity contribution in [2.24, 2.45) is 5.92 Å². The van der Waals surface area contributed by atoms with E-state index in [0.717, 1.165) is 27.8 Å². The fraction of sp³-hybridized carbons (Fsp3) is 0.261. The maximum atomic E-state index is 13.2. The van der Waals surface area contributed by atoms with Crippen LogP contribution in [0.3, 0.4) is 0 Å². The van der Waals surface area contributed by atoms with E-state index in [-0.39, 0.29) is 24.2 Å². The smallest absolute Gasteiger partial charge is 0.232 e. The van der Waals surface area contributed by atoms with Crippen molar-refractivity contribution in [3.05, 3.63) is 66.4 Å². The topological polar surface area (TPSA) is 53.5 Å². The summed E-state index contributed by atoms with van der Waals surface area (Å²) in [5, 5.41) is 0.984. The van der Waals surface area contributed by atoms with Crippen molar-refractivity contribution in [3.63, 3.8) is 0 Å². The number of fused-ring (bicyclic) bond motifs is 1. The quantitative estimate of drug-likeness (QED) is 0.696. The molecule has 1 fully saturated rings. The predicted octanol–water partition coefficient (Wildman–Crippen LogP) is 3.95. The molecule has 1 unspecified atom stereocenters. The number of benzene rings is 2. The van der Waals surface area contributed by atoms with Crippen molar-refractivity contribution in [2.75, 3.05) is 22.9 Å². The third-order valence-corrected chi connectivity index (χ3v) is 5.27. The highest BCUT2D eigenvalue weighted by Crippen LogP contribution is 2.32. The molecule has 0 saturated carbocycles. The number of amides is 2. The van der Waals surface area contributed by atoms with Gasteiger partial charge in [-0.15, -0.1) is 0 Å². The first kappa shape index (κ1) is 18.2. The van der Waals surface area contributed by atoms with Crippen LogP contribution < -0.4 is 9.80 Å². The van der Waals surface area contributed by atoms with Gasteiger partial charge in [-0.3, -0.25) is 14.6 Å². The Balaban J connectivity index is 1.61. The number of carbonyl (C=O) groups is 2. The summed E-state index contributed by atoms with van der Waals surface area (Å²) in [6, 6.07) is 17.6. The van der Waals surface area contributed by atoms with E-state index in [0.29, 0.717) is 13.1 Å². The molecule has 1 saturated heterocycles. The maximum absolute atomic E-state index is 13.2. The van der Waals surface area contributed by atoms with Gasteiger partial charge >= 0.3 is 0 Å². The Morgan fingerprint density at radius 1 is 1.18 bits per heavy atom. The Kier molecular flexibility index (Phi) is 4.82. The largest absolute Gasteiger partial charge is 0.312 e. The number of nitrogens with zero attached hydrogens (tertiary/aromatic N) is 3. The summed E-state index contributed by atoms with van der Waals surface area (Å²) >= 11 is 0. The van der Waals surface area contributed by atoms with E-state index in [2.05, 4.69) is 4.98 Å². The van der Waals surface area contributed by atoms with Crippen LogP contribution in [0.15, 0.2) is 60.8 Å². The molecule has 2 amide bonds. The van der Waals surface area contributed by atoms with Crippen molar-refractivity contribution < 1.29 is 9.59 Å². The van der Waals surface area contributed by atoms with Crippen LogP contribution in [-0.4, -0.2) is 29.9 Å². The lowest BCUT2D eigenvalue weighted by Crippen LogP contribution is -2.37. The maximum Gasteiger partial charge on any atom is 0.232 e. The number of rotatable bonds is 4. The Morgan fingerprint density at radius 3 is 2.75 bits per heavy atom. The molecule has 2 heterocycles. The van der Waals surface area contributed by atoms with Crippen molar-refractivity contribution in [2.45, 2.75) is 20.3 Å². The fourth-order valence-electron chi connectivity index (χ4n) is 3.89. The first-order chi connectivity index (χ1) is 13.6. The van der Waals surface area contributed by atoms with E-state index in [1.165, 1.54) is 0 Å². The first-order valence-electron chi connectivity index (χ1n) is 9.60. The number of anilines is 2. The molecule has 28 heavy (non-hydrogen) atoms. The SMILES string of the molecule is CCN(C(=O)C1CC(=O)N(c2cccc3cccnc23)C1)c1cccc(C)c1. The molecule has 1 atom stereocenters. The second kappa shape index (κ2) is 7.43. The number of carbonyl (C=O) groups excluding carboxylic acids is 2. The monoisotopic (exact) mass is 373 g/mol. The van der Waals surface area contributed by atoms with Crippen LogP contribution in [0.25, 0.3) is 10.9 Å². The molecule has 0 bridgehead atoms. The van der Waals surface area contributed by atoms with Gasteiger partial charge in [0.15, 0.2) is 0 Å². The van der Waals surface area contributed by atoms with E-state index >= 15 is 0 Å². The van der Waals surface area contributed by atoms with Gasteiger partial charge in [-0.2, -0.15) is 0 Å². The Morgan fingerprint density at radius 2 is 1.96 bits per heavy atom. The van der Waals surface area contributed by atoms with Gasteiger partial charge in [-0.25, -0.2) is 0 Å². The van der Waals surface area contributed by atoms with Crippen molar-refractivity contribution in [3.8, 4) is 0 Å². The minimum Gasteiger partial charge on any atom is -0.312 e. The molecule has 2 aromatic carbocycles. The van der Waals surface area contributed by atoms with Crippen LogP contribution in [0.5, 0.6) is 0 Å². The molecular formula is C23H23N3O2. The number of aryl methyl sites for hydroxylation is 1. The highest BCUT2D eigenvalue weighted by Gasteiger charge is 2.38. The summed E-state index contributed by atoms with van der Waals surface area (Å²) in [5.41, 5.74) is 3.55. The van der Waals surface area contributed by atoms with Gasteiger partial charge in [-0.1, -0.05) is 30.3 Å². The molecule has 0 aliphatic carbocycles. The summed E-state index contributed by atoms with van der Waals surface area (Å²) in [7, 11) is 0. The lowest BCUT2D eigenvalue weighted by Gasteiger charge is -2.25. The molecule has 5 nitrogen and oxygen atoms in total. The summed E-state index contributed by atoms with van der Waals surface area (Å²) < 4.78 is 0. The zero-order valence-electron chi connectivity index (χ0n) is 16.1. The van der Waals surface area contributed by atoms with E-state index < -0.39 is 0 Å². The van der Waals surface area contributed by atoms with E-state index in [4.69, 9.17) is 0 Å². The fourth-order valence-corrected chi connectivity index (χ4v) is 3.89. The number of pyridine rings is 1. The lowest BCUT2D eigenvalue weighted by molar-refractivity contribution is -0.124. The van der Waals surface area contributed by atoms with Crippen LogP contribution in [0, 0.1) is 12.8 Å². The summed E-state index contributed by atoms with van der Waals surface area (Å²) in [6.07, 6.45) is 1.95. The van der Waals surface area contributed by atoms with Gasteiger partial charge in [0.25, 0.3) is 0 Å². The molecule has 1 aliphatic rings. The van der Waals surface area contributed by atoms with Crippen LogP contribution in [0.2, 0.25) is 0 Å². The van der Waals surface area contributed by atoms with Gasteiger partial charge in [0.05, 0.1) is 17.1 Å². The summed E-state index contributed by atoms with van der Waals surface area (Å²) in [6.45, 7) is 4.93. The number of hydrogen-bond donors (Lipinski definition) is 0. The second-order valence-corrected chi connectivity index (χ2v) is 7.18. The highest BCUT2D eigenvalue weighted by atomic mass is 16.2. The number of aromatic nitrogens is 1. The molecular weight excluding hydrogens is 350 g/mol. The Bertz CT molecular complexity index is 1040. The van der Waals surface area contributed by atoms with Gasteiger partial charge in [0, 0.05) is 36.8 Å². The molecule has 1 aliphatic heterocycles. The van der Waals surface area contributed by atoms with Crippen LogP contribution in [0.1, 0.15) is 18.9 Å². The number of hydrogen-bond acceptors (Lipinski definition) is 3. The van der Waals surface area contributed by atoms with E-state index in [9.17, 15) is 9.59 Å². The highest BCUT2D eigenvalue weighted by molar-refractivity contribution is 6.07. The average molecular weight is 373 g/mol. The average Bonchev–Trinajstić information content (AvgIpc) is 3.09. The minimum atomic E-state index is -0.355. The normalized spacial score (nSPS) is 16.6. The predicted molar refractivity (Wildman–Crippen MR) is 111 cm³/mol. The Labute approximate surface area is 164 Å². The van der Waals surface area contributed by atoms with Gasteiger partial charge in [0.1, 0.15) is 0 Å². The zero-order chi connectivity index (χ0) is 19.7. The molecule has 4 rings (SSSR count). The molecule has 142 valence electrons. The van der Waals surface area contributed by atoms with Crippen LogP contribution in [-0.2, 0) is 9.59 Å². The van der Waals surface area contributed by atoms with E-state index in [1.54, 1.807) is 16.0 Å². The third kappa shape index (κ3) is 3.24. The van der Waals surface area contributed by atoms with Crippen LogP contribution >= 0.6 is 0 Å². The molecule has 0 N–H and O–H groups in total. The van der Waals surface area contributed by atoms with E-state index in [1.807, 2.05) is 68.4 Å².